The minimum atomic E-state index is -1.61. The molecule has 0 aliphatic rings. The predicted molar refractivity (Wildman–Crippen MR) is 57.2 cm³/mol. The smallest absolute Gasteiger partial charge is 0.203 e. The van der Waals surface area contributed by atoms with Crippen LogP contribution in [0.2, 0.25) is 0 Å². The van der Waals surface area contributed by atoms with E-state index in [1.54, 1.807) is 6.92 Å². The van der Waals surface area contributed by atoms with Crippen molar-refractivity contribution in [3.05, 3.63) is 29.3 Å². The van der Waals surface area contributed by atoms with Gasteiger partial charge in [0.1, 0.15) is 6.61 Å². The molecule has 0 saturated carbocycles. The number of aliphatic hydroxyl groups excluding tert-OH is 1. The van der Waals surface area contributed by atoms with Gasteiger partial charge in [-0.1, -0.05) is 20.3 Å². The largest absolute Gasteiger partial charge is 0.485 e. The van der Waals surface area contributed by atoms with Gasteiger partial charge in [0.25, 0.3) is 0 Å². The molecule has 2 unspecified atom stereocenters. The molecule has 1 N–H and O–H groups in total. The van der Waals surface area contributed by atoms with Gasteiger partial charge in [-0.2, -0.15) is 8.78 Å². The zero-order valence-corrected chi connectivity index (χ0v) is 10.0. The van der Waals surface area contributed by atoms with E-state index >= 15 is 0 Å². The molecule has 0 heterocycles. The number of benzene rings is 1. The van der Waals surface area contributed by atoms with E-state index in [0.29, 0.717) is 6.42 Å². The van der Waals surface area contributed by atoms with Gasteiger partial charge in [-0.15, -0.1) is 0 Å². The Morgan fingerprint density at radius 2 is 1.67 bits per heavy atom. The number of halogens is 4. The molecule has 1 aromatic rings. The minimum Gasteiger partial charge on any atom is -0.485 e. The Morgan fingerprint density at radius 1 is 1.17 bits per heavy atom. The Kier molecular flexibility index (Phi) is 4.95. The highest BCUT2D eigenvalue weighted by atomic mass is 19.2. The SMILES string of the molecule is CCC(C)C(O)COc1c(F)c(F)cc(F)c1F. The van der Waals surface area contributed by atoms with Crippen molar-refractivity contribution >= 4 is 0 Å². The fourth-order valence-corrected chi connectivity index (χ4v) is 1.28. The molecular weight excluding hydrogens is 252 g/mol. The van der Waals surface area contributed by atoms with Crippen LogP contribution < -0.4 is 4.74 Å². The Labute approximate surface area is 102 Å². The van der Waals surface area contributed by atoms with Crippen molar-refractivity contribution in [2.75, 3.05) is 6.61 Å². The van der Waals surface area contributed by atoms with Crippen molar-refractivity contribution in [2.24, 2.45) is 5.92 Å². The van der Waals surface area contributed by atoms with Gasteiger partial charge in [-0.3, -0.25) is 0 Å². The first kappa shape index (κ1) is 14.8. The third-order valence-electron chi connectivity index (χ3n) is 2.77. The molecule has 0 saturated heterocycles. The quantitative estimate of drug-likeness (QED) is 0.655. The van der Waals surface area contributed by atoms with E-state index in [1.807, 2.05) is 6.92 Å². The maximum atomic E-state index is 13.2. The lowest BCUT2D eigenvalue weighted by atomic mass is 10.0. The minimum absolute atomic E-state index is 0.0998. The number of hydrogen-bond donors (Lipinski definition) is 1. The first-order chi connectivity index (χ1) is 8.38. The van der Waals surface area contributed by atoms with E-state index in [0.717, 1.165) is 0 Å². The van der Waals surface area contributed by atoms with Crippen LogP contribution in [-0.2, 0) is 0 Å². The molecule has 0 aliphatic heterocycles. The lowest BCUT2D eigenvalue weighted by Gasteiger charge is -2.18. The first-order valence-corrected chi connectivity index (χ1v) is 5.52. The average molecular weight is 266 g/mol. The molecule has 2 atom stereocenters. The Hall–Kier alpha value is -1.30. The third-order valence-corrected chi connectivity index (χ3v) is 2.77. The van der Waals surface area contributed by atoms with Gasteiger partial charge >= 0.3 is 0 Å². The zero-order chi connectivity index (χ0) is 13.9. The van der Waals surface area contributed by atoms with Crippen molar-refractivity contribution in [2.45, 2.75) is 26.4 Å². The van der Waals surface area contributed by atoms with Crippen LogP contribution in [0.3, 0.4) is 0 Å². The summed E-state index contributed by atoms with van der Waals surface area (Å²) in [6, 6.07) is 0.0998. The van der Waals surface area contributed by atoms with Crippen molar-refractivity contribution in [1.29, 1.82) is 0 Å². The standard InChI is InChI=1S/C12H14F4O2/c1-3-6(2)9(17)5-18-12-10(15)7(13)4-8(14)11(12)16/h4,6,9,17H,3,5H2,1-2H3. The van der Waals surface area contributed by atoms with Gasteiger partial charge in [-0.05, 0) is 5.92 Å². The molecule has 0 fully saturated rings. The van der Waals surface area contributed by atoms with Crippen LogP contribution in [0.15, 0.2) is 6.07 Å². The van der Waals surface area contributed by atoms with Crippen LogP contribution in [0.5, 0.6) is 5.75 Å². The fourth-order valence-electron chi connectivity index (χ4n) is 1.28. The maximum absolute atomic E-state index is 13.2. The second-order valence-electron chi connectivity index (χ2n) is 4.06. The molecule has 0 amide bonds. The van der Waals surface area contributed by atoms with Gasteiger partial charge in [0.05, 0.1) is 6.10 Å². The van der Waals surface area contributed by atoms with Crippen LogP contribution in [0, 0.1) is 29.2 Å². The zero-order valence-electron chi connectivity index (χ0n) is 10.0. The molecule has 2 nitrogen and oxygen atoms in total. The van der Waals surface area contributed by atoms with Gasteiger partial charge < -0.3 is 9.84 Å². The van der Waals surface area contributed by atoms with E-state index < -0.39 is 41.7 Å². The first-order valence-electron chi connectivity index (χ1n) is 5.52. The summed E-state index contributed by atoms with van der Waals surface area (Å²) in [5.74, 6) is -7.59. The molecule has 102 valence electrons. The number of ether oxygens (including phenoxy) is 1. The highest BCUT2D eigenvalue weighted by molar-refractivity contribution is 5.28. The summed E-state index contributed by atoms with van der Waals surface area (Å²) < 4.78 is 56.7. The summed E-state index contributed by atoms with van der Waals surface area (Å²) >= 11 is 0. The fraction of sp³-hybridized carbons (Fsp3) is 0.500. The molecule has 0 spiro atoms. The Morgan fingerprint density at radius 3 is 2.11 bits per heavy atom. The molecule has 0 aromatic heterocycles. The van der Waals surface area contributed by atoms with E-state index in [2.05, 4.69) is 4.74 Å². The lowest BCUT2D eigenvalue weighted by Crippen LogP contribution is -2.25. The number of aliphatic hydroxyl groups is 1. The van der Waals surface area contributed by atoms with Gasteiger partial charge in [0.2, 0.25) is 11.6 Å². The van der Waals surface area contributed by atoms with Crippen LogP contribution >= 0.6 is 0 Å². The lowest BCUT2D eigenvalue weighted by molar-refractivity contribution is 0.0582. The topological polar surface area (TPSA) is 29.5 Å². The molecule has 18 heavy (non-hydrogen) atoms. The van der Waals surface area contributed by atoms with Crippen molar-refractivity contribution in [3.8, 4) is 5.75 Å². The van der Waals surface area contributed by atoms with Crippen molar-refractivity contribution < 1.29 is 27.4 Å². The average Bonchev–Trinajstić information content (AvgIpc) is 2.35. The normalized spacial score (nSPS) is 14.4. The second-order valence-corrected chi connectivity index (χ2v) is 4.06. The summed E-state index contributed by atoms with van der Waals surface area (Å²) in [7, 11) is 0. The molecule has 0 radical (unpaired) electrons. The molecule has 0 aliphatic carbocycles. The summed E-state index contributed by atoms with van der Waals surface area (Å²) in [6.45, 7) is 3.09. The van der Waals surface area contributed by atoms with Gasteiger partial charge in [-0.25, -0.2) is 8.78 Å². The van der Waals surface area contributed by atoms with Crippen LogP contribution in [0.1, 0.15) is 20.3 Å². The number of hydrogen-bond acceptors (Lipinski definition) is 2. The Balaban J connectivity index is 2.85. The molecule has 1 aromatic carbocycles. The summed E-state index contributed by atoms with van der Waals surface area (Å²) in [4.78, 5) is 0. The molecule has 0 bridgehead atoms. The molecule has 6 heteroatoms. The van der Waals surface area contributed by atoms with E-state index in [4.69, 9.17) is 0 Å². The second kappa shape index (κ2) is 6.04. The van der Waals surface area contributed by atoms with Crippen molar-refractivity contribution in [1.82, 2.24) is 0 Å². The number of rotatable bonds is 5. The maximum Gasteiger partial charge on any atom is 0.203 e. The third kappa shape index (κ3) is 3.13. The van der Waals surface area contributed by atoms with Gasteiger partial charge in [0.15, 0.2) is 17.4 Å². The highest BCUT2D eigenvalue weighted by Crippen LogP contribution is 2.26. The Bertz CT molecular complexity index is 397. The van der Waals surface area contributed by atoms with E-state index in [1.165, 1.54) is 0 Å². The van der Waals surface area contributed by atoms with Gasteiger partial charge in [0, 0.05) is 6.07 Å². The summed E-state index contributed by atoms with van der Waals surface area (Å²) in [5, 5.41) is 9.54. The van der Waals surface area contributed by atoms with E-state index in [9.17, 15) is 22.7 Å². The van der Waals surface area contributed by atoms with Crippen LogP contribution in [0.25, 0.3) is 0 Å². The molecular formula is C12H14F4O2. The monoisotopic (exact) mass is 266 g/mol. The highest BCUT2D eigenvalue weighted by Gasteiger charge is 2.22. The molecule has 1 rings (SSSR count). The van der Waals surface area contributed by atoms with Crippen LogP contribution in [-0.4, -0.2) is 17.8 Å². The van der Waals surface area contributed by atoms with Crippen molar-refractivity contribution in [3.63, 3.8) is 0 Å². The summed E-state index contributed by atoms with van der Waals surface area (Å²) in [6.07, 6.45) is -0.340. The van der Waals surface area contributed by atoms with Crippen LogP contribution in [0.4, 0.5) is 17.6 Å². The predicted octanol–water partition coefficient (Wildman–Crippen LogP) is 3.03. The van der Waals surface area contributed by atoms with E-state index in [-0.39, 0.29) is 12.0 Å². The summed E-state index contributed by atoms with van der Waals surface area (Å²) in [5.41, 5.74) is 0.